The molecule has 0 heterocycles. The van der Waals surface area contributed by atoms with E-state index < -0.39 is 0 Å². The standard InChI is InChI=1S/C12H12Cl2N2O/c1-8(6-15)7-16(2)12(17)11-9(13)4-3-5-10(11)14/h3-5,8H,7H2,1-2H3. The molecule has 0 aliphatic heterocycles. The van der Waals surface area contributed by atoms with Crippen LogP contribution in [0.25, 0.3) is 0 Å². The summed E-state index contributed by atoms with van der Waals surface area (Å²) in [5, 5.41) is 9.34. The number of hydrogen-bond donors (Lipinski definition) is 0. The zero-order valence-electron chi connectivity index (χ0n) is 9.58. The molecule has 1 rings (SSSR count). The molecule has 0 saturated carbocycles. The average Bonchev–Trinajstić information content (AvgIpc) is 2.28. The summed E-state index contributed by atoms with van der Waals surface area (Å²) in [7, 11) is 1.62. The molecule has 90 valence electrons. The summed E-state index contributed by atoms with van der Waals surface area (Å²) in [5.74, 6) is -0.507. The fourth-order valence-electron chi connectivity index (χ4n) is 1.43. The van der Waals surface area contributed by atoms with Crippen LogP contribution in [0, 0.1) is 17.2 Å². The van der Waals surface area contributed by atoms with Crippen molar-refractivity contribution >= 4 is 29.1 Å². The highest BCUT2D eigenvalue weighted by atomic mass is 35.5. The number of benzene rings is 1. The summed E-state index contributed by atoms with van der Waals surface area (Å²) in [6.45, 7) is 2.09. The monoisotopic (exact) mass is 270 g/mol. The molecule has 0 N–H and O–H groups in total. The molecule has 0 radical (unpaired) electrons. The van der Waals surface area contributed by atoms with Gasteiger partial charge in [0, 0.05) is 13.6 Å². The minimum absolute atomic E-state index is 0.231. The van der Waals surface area contributed by atoms with Crippen molar-refractivity contribution in [1.82, 2.24) is 4.90 Å². The summed E-state index contributed by atoms with van der Waals surface area (Å²) in [6, 6.07) is 6.98. The minimum atomic E-state index is -0.275. The Bertz CT molecular complexity index is 448. The van der Waals surface area contributed by atoms with Crippen molar-refractivity contribution in [2.75, 3.05) is 13.6 Å². The molecule has 0 aromatic heterocycles. The average molecular weight is 271 g/mol. The van der Waals surface area contributed by atoms with E-state index in [1.807, 2.05) is 0 Å². The van der Waals surface area contributed by atoms with Crippen LogP contribution in [0.5, 0.6) is 0 Å². The first-order valence-electron chi connectivity index (χ1n) is 5.06. The maximum absolute atomic E-state index is 12.1. The number of halogens is 2. The Kier molecular flexibility index (Phi) is 4.80. The number of carbonyl (C=O) groups is 1. The van der Waals surface area contributed by atoms with Crippen molar-refractivity contribution in [2.24, 2.45) is 5.92 Å². The van der Waals surface area contributed by atoms with Gasteiger partial charge in [0.05, 0.1) is 27.6 Å². The number of nitrogens with zero attached hydrogens (tertiary/aromatic N) is 2. The zero-order valence-corrected chi connectivity index (χ0v) is 11.1. The van der Waals surface area contributed by atoms with Gasteiger partial charge in [0.2, 0.25) is 0 Å². The van der Waals surface area contributed by atoms with Crippen LogP contribution >= 0.6 is 23.2 Å². The van der Waals surface area contributed by atoms with Crippen molar-refractivity contribution in [3.8, 4) is 6.07 Å². The minimum Gasteiger partial charge on any atom is -0.340 e. The quantitative estimate of drug-likeness (QED) is 0.847. The smallest absolute Gasteiger partial charge is 0.256 e. The topological polar surface area (TPSA) is 44.1 Å². The van der Waals surface area contributed by atoms with Gasteiger partial charge < -0.3 is 4.90 Å². The lowest BCUT2D eigenvalue weighted by atomic mass is 10.1. The predicted octanol–water partition coefficient (Wildman–Crippen LogP) is 3.23. The summed E-state index contributed by atoms with van der Waals surface area (Å²) in [5.41, 5.74) is 0.281. The molecule has 1 amide bonds. The van der Waals surface area contributed by atoms with Gasteiger partial charge in [0.25, 0.3) is 5.91 Å². The number of carbonyl (C=O) groups excluding carboxylic acids is 1. The molecule has 1 unspecified atom stereocenters. The van der Waals surface area contributed by atoms with Crippen LogP contribution in [-0.4, -0.2) is 24.4 Å². The second kappa shape index (κ2) is 5.90. The molecule has 1 aromatic rings. The molecule has 0 bridgehead atoms. The fraction of sp³-hybridized carbons (Fsp3) is 0.333. The number of amides is 1. The molecule has 1 aromatic carbocycles. The van der Waals surface area contributed by atoms with Gasteiger partial charge >= 0.3 is 0 Å². The van der Waals surface area contributed by atoms with Gasteiger partial charge in [-0.2, -0.15) is 5.26 Å². The third-order valence-electron chi connectivity index (χ3n) is 2.29. The van der Waals surface area contributed by atoms with Crippen molar-refractivity contribution in [3.63, 3.8) is 0 Å². The summed E-state index contributed by atoms with van der Waals surface area (Å²) < 4.78 is 0. The van der Waals surface area contributed by atoms with E-state index in [0.29, 0.717) is 16.6 Å². The lowest BCUT2D eigenvalue weighted by molar-refractivity contribution is 0.0785. The highest BCUT2D eigenvalue weighted by Crippen LogP contribution is 2.25. The van der Waals surface area contributed by atoms with Crippen LogP contribution < -0.4 is 0 Å². The number of hydrogen-bond acceptors (Lipinski definition) is 2. The lowest BCUT2D eigenvalue weighted by Gasteiger charge is -2.19. The molecule has 3 nitrogen and oxygen atoms in total. The van der Waals surface area contributed by atoms with Crippen LogP contribution in [0.15, 0.2) is 18.2 Å². The van der Waals surface area contributed by atoms with Gasteiger partial charge in [-0.25, -0.2) is 0 Å². The van der Waals surface area contributed by atoms with Crippen molar-refractivity contribution < 1.29 is 4.79 Å². The lowest BCUT2D eigenvalue weighted by Crippen LogP contribution is -2.31. The Balaban J connectivity index is 2.94. The highest BCUT2D eigenvalue weighted by Gasteiger charge is 2.19. The number of rotatable bonds is 3. The van der Waals surface area contributed by atoms with Crippen LogP contribution in [0.2, 0.25) is 10.0 Å². The van der Waals surface area contributed by atoms with Crippen LogP contribution in [-0.2, 0) is 0 Å². The van der Waals surface area contributed by atoms with E-state index in [2.05, 4.69) is 6.07 Å². The normalized spacial score (nSPS) is 11.7. The van der Waals surface area contributed by atoms with E-state index in [-0.39, 0.29) is 17.4 Å². The molecule has 0 aliphatic carbocycles. The van der Waals surface area contributed by atoms with E-state index in [1.165, 1.54) is 4.90 Å². The molecule has 0 aliphatic rings. The Morgan fingerprint density at radius 2 is 2.00 bits per heavy atom. The van der Waals surface area contributed by atoms with Crippen LogP contribution in [0.1, 0.15) is 17.3 Å². The number of nitriles is 1. The second-order valence-corrected chi connectivity index (χ2v) is 4.63. The molecule has 0 spiro atoms. The largest absolute Gasteiger partial charge is 0.340 e. The third-order valence-corrected chi connectivity index (χ3v) is 2.92. The summed E-state index contributed by atoms with van der Waals surface area (Å²) >= 11 is 11.9. The van der Waals surface area contributed by atoms with Gasteiger partial charge in [-0.15, -0.1) is 0 Å². The maximum atomic E-state index is 12.1. The molecule has 1 atom stereocenters. The van der Waals surface area contributed by atoms with Crippen molar-refractivity contribution in [3.05, 3.63) is 33.8 Å². The molecule has 17 heavy (non-hydrogen) atoms. The van der Waals surface area contributed by atoms with E-state index in [9.17, 15) is 4.79 Å². The molecular formula is C12H12Cl2N2O. The highest BCUT2D eigenvalue weighted by molar-refractivity contribution is 6.39. The van der Waals surface area contributed by atoms with Crippen LogP contribution in [0.4, 0.5) is 0 Å². The molecule has 0 fully saturated rings. The van der Waals surface area contributed by atoms with Gasteiger partial charge in [-0.3, -0.25) is 4.79 Å². The summed E-state index contributed by atoms with van der Waals surface area (Å²) in [6.07, 6.45) is 0. The van der Waals surface area contributed by atoms with Crippen molar-refractivity contribution in [1.29, 1.82) is 5.26 Å². The summed E-state index contributed by atoms with van der Waals surface area (Å²) in [4.78, 5) is 13.5. The molecule has 5 heteroatoms. The molecule has 0 saturated heterocycles. The van der Waals surface area contributed by atoms with Gasteiger partial charge in [-0.05, 0) is 19.1 Å². The Morgan fingerprint density at radius 3 is 2.47 bits per heavy atom. The van der Waals surface area contributed by atoms with Gasteiger partial charge in [0.1, 0.15) is 0 Å². The van der Waals surface area contributed by atoms with Crippen LogP contribution in [0.3, 0.4) is 0 Å². The maximum Gasteiger partial charge on any atom is 0.256 e. The predicted molar refractivity (Wildman–Crippen MR) is 68.2 cm³/mol. The van der Waals surface area contributed by atoms with E-state index in [1.54, 1.807) is 32.2 Å². The van der Waals surface area contributed by atoms with E-state index in [4.69, 9.17) is 28.5 Å². The van der Waals surface area contributed by atoms with E-state index >= 15 is 0 Å². The van der Waals surface area contributed by atoms with E-state index in [0.717, 1.165) is 0 Å². The van der Waals surface area contributed by atoms with Gasteiger partial charge in [0.15, 0.2) is 0 Å². The fourth-order valence-corrected chi connectivity index (χ4v) is 1.99. The molecular weight excluding hydrogens is 259 g/mol. The second-order valence-electron chi connectivity index (χ2n) is 3.81. The first kappa shape index (κ1) is 13.8. The Morgan fingerprint density at radius 1 is 1.47 bits per heavy atom. The Labute approximate surface area is 111 Å². The first-order valence-corrected chi connectivity index (χ1v) is 5.82. The van der Waals surface area contributed by atoms with Gasteiger partial charge in [-0.1, -0.05) is 29.3 Å². The third kappa shape index (κ3) is 3.36. The van der Waals surface area contributed by atoms with Crippen molar-refractivity contribution in [2.45, 2.75) is 6.92 Å². The SMILES string of the molecule is CC(C#N)CN(C)C(=O)c1c(Cl)cccc1Cl. The Hall–Kier alpha value is -1.24. The first-order chi connectivity index (χ1) is 7.97. The zero-order chi connectivity index (χ0) is 13.0.